The molecule has 23 heavy (non-hydrogen) atoms. The molecule has 0 aromatic heterocycles. The Labute approximate surface area is 136 Å². The van der Waals surface area contributed by atoms with Crippen molar-refractivity contribution in [1.82, 2.24) is 9.62 Å². The lowest BCUT2D eigenvalue weighted by molar-refractivity contribution is -0.0440. The third kappa shape index (κ3) is 4.10. The molecule has 1 aliphatic rings. The van der Waals surface area contributed by atoms with Crippen molar-refractivity contribution < 1.29 is 17.9 Å². The Kier molecular flexibility index (Phi) is 5.42. The molecule has 2 atom stereocenters. The predicted octanol–water partition coefficient (Wildman–Crippen LogP) is 0.847. The Balaban J connectivity index is 2.17. The number of nitrogens with zero attached hydrogens (tertiary/aromatic N) is 1. The first-order chi connectivity index (χ1) is 10.8. The minimum Gasteiger partial charge on any atom is -0.373 e. The summed E-state index contributed by atoms with van der Waals surface area (Å²) in [4.78, 5) is 11.9. The lowest BCUT2D eigenvalue weighted by Gasteiger charge is -2.34. The molecule has 1 aromatic rings. The highest BCUT2D eigenvalue weighted by Gasteiger charge is 2.32. The van der Waals surface area contributed by atoms with Crippen LogP contribution in [0.25, 0.3) is 0 Å². The number of rotatable bonds is 4. The molecule has 1 saturated heterocycles. The van der Waals surface area contributed by atoms with Gasteiger partial charge in [0, 0.05) is 18.7 Å². The van der Waals surface area contributed by atoms with Gasteiger partial charge in [-0.25, -0.2) is 8.42 Å². The van der Waals surface area contributed by atoms with Crippen LogP contribution in [0, 0.1) is 12.3 Å². The molecule has 0 bridgehead atoms. The van der Waals surface area contributed by atoms with Crippen LogP contribution in [-0.4, -0.2) is 50.5 Å². The Morgan fingerprint density at radius 3 is 2.39 bits per heavy atom. The van der Waals surface area contributed by atoms with Crippen molar-refractivity contribution in [3.8, 4) is 12.3 Å². The number of benzene rings is 1. The Hall–Kier alpha value is -1.88. The van der Waals surface area contributed by atoms with Crippen LogP contribution in [0.5, 0.6) is 0 Å². The zero-order valence-electron chi connectivity index (χ0n) is 13.2. The van der Waals surface area contributed by atoms with Crippen LogP contribution < -0.4 is 5.32 Å². The number of terminal acetylenes is 1. The number of morpholine rings is 1. The molecule has 1 aliphatic heterocycles. The van der Waals surface area contributed by atoms with E-state index < -0.39 is 10.0 Å². The summed E-state index contributed by atoms with van der Waals surface area (Å²) in [5.41, 5.74) is 0.364. The lowest BCUT2D eigenvalue weighted by Crippen LogP contribution is -2.48. The second kappa shape index (κ2) is 7.13. The van der Waals surface area contributed by atoms with Crippen LogP contribution in [0.3, 0.4) is 0 Å². The first kappa shape index (κ1) is 17.5. The molecule has 0 radical (unpaired) electrons. The molecule has 1 N–H and O–H groups in total. The van der Waals surface area contributed by atoms with Gasteiger partial charge in [-0.1, -0.05) is 5.92 Å². The minimum atomic E-state index is -3.60. The average Bonchev–Trinajstić information content (AvgIpc) is 2.51. The summed E-state index contributed by atoms with van der Waals surface area (Å²) in [6.07, 6.45) is 4.78. The Morgan fingerprint density at radius 1 is 1.30 bits per heavy atom. The van der Waals surface area contributed by atoms with E-state index in [0.717, 1.165) is 0 Å². The molecule has 1 fully saturated rings. The molecular weight excluding hydrogens is 316 g/mol. The van der Waals surface area contributed by atoms with E-state index in [1.54, 1.807) is 0 Å². The van der Waals surface area contributed by atoms with Crippen molar-refractivity contribution in [3.63, 3.8) is 0 Å². The molecule has 124 valence electrons. The largest absolute Gasteiger partial charge is 0.373 e. The van der Waals surface area contributed by atoms with E-state index in [-0.39, 0.29) is 29.6 Å². The zero-order chi connectivity index (χ0) is 17.0. The Morgan fingerprint density at radius 2 is 1.87 bits per heavy atom. The predicted molar refractivity (Wildman–Crippen MR) is 86.4 cm³/mol. The standard InChI is InChI=1S/C16H20N2O4S/c1-4-9-17-16(19)14-5-7-15(8-6-14)23(20,21)18-10-12(2)22-13(3)11-18/h1,5-8,12-13H,9-11H2,2-3H3,(H,17,19)/t12-,13+. The Bertz CT molecular complexity index is 697. The summed E-state index contributed by atoms with van der Waals surface area (Å²) in [6, 6.07) is 5.83. The summed E-state index contributed by atoms with van der Waals surface area (Å²) in [6.45, 7) is 4.45. The highest BCUT2D eigenvalue weighted by atomic mass is 32.2. The average molecular weight is 336 g/mol. The fourth-order valence-corrected chi connectivity index (χ4v) is 4.08. The maximum absolute atomic E-state index is 12.7. The summed E-state index contributed by atoms with van der Waals surface area (Å²) in [5, 5.41) is 2.53. The lowest BCUT2D eigenvalue weighted by atomic mass is 10.2. The second-order valence-electron chi connectivity index (χ2n) is 5.49. The number of amides is 1. The van der Waals surface area contributed by atoms with Crippen molar-refractivity contribution >= 4 is 15.9 Å². The topological polar surface area (TPSA) is 75.7 Å². The van der Waals surface area contributed by atoms with E-state index in [1.807, 2.05) is 13.8 Å². The highest BCUT2D eigenvalue weighted by molar-refractivity contribution is 7.89. The van der Waals surface area contributed by atoms with E-state index in [2.05, 4.69) is 11.2 Å². The van der Waals surface area contributed by atoms with Gasteiger partial charge in [0.2, 0.25) is 10.0 Å². The maximum atomic E-state index is 12.7. The molecular formula is C16H20N2O4S. The van der Waals surface area contributed by atoms with Gasteiger partial charge in [0.1, 0.15) is 0 Å². The molecule has 0 spiro atoms. The third-order valence-electron chi connectivity index (χ3n) is 3.49. The number of nitrogens with one attached hydrogen (secondary N) is 1. The summed E-state index contributed by atoms with van der Waals surface area (Å²) in [5.74, 6) is 1.98. The van der Waals surface area contributed by atoms with E-state index in [9.17, 15) is 13.2 Å². The fourth-order valence-electron chi connectivity index (χ4n) is 2.49. The van der Waals surface area contributed by atoms with Gasteiger partial charge in [0.25, 0.3) is 5.91 Å². The van der Waals surface area contributed by atoms with Crippen molar-refractivity contribution in [3.05, 3.63) is 29.8 Å². The van der Waals surface area contributed by atoms with E-state index >= 15 is 0 Å². The molecule has 0 saturated carbocycles. The van der Waals surface area contributed by atoms with Crippen molar-refractivity contribution in [2.75, 3.05) is 19.6 Å². The normalized spacial score (nSPS) is 22.3. The van der Waals surface area contributed by atoms with Crippen molar-refractivity contribution in [1.29, 1.82) is 0 Å². The van der Waals surface area contributed by atoms with Crippen molar-refractivity contribution in [2.45, 2.75) is 31.0 Å². The molecule has 2 rings (SSSR count). The second-order valence-corrected chi connectivity index (χ2v) is 7.43. The number of ether oxygens (including phenoxy) is 1. The molecule has 1 aromatic carbocycles. The van der Waals surface area contributed by atoms with Crippen molar-refractivity contribution in [2.24, 2.45) is 0 Å². The molecule has 0 aliphatic carbocycles. The van der Waals surface area contributed by atoms with Gasteiger partial charge in [-0.3, -0.25) is 4.79 Å². The van der Waals surface area contributed by atoms with Crippen LogP contribution in [-0.2, 0) is 14.8 Å². The van der Waals surface area contributed by atoms with Gasteiger partial charge >= 0.3 is 0 Å². The van der Waals surface area contributed by atoms with Gasteiger partial charge < -0.3 is 10.1 Å². The SMILES string of the molecule is C#CCNC(=O)c1ccc(S(=O)(=O)N2C[C@@H](C)O[C@@H](C)C2)cc1. The van der Waals surface area contributed by atoms with Crippen LogP contribution in [0.1, 0.15) is 24.2 Å². The van der Waals surface area contributed by atoms with Crippen LogP contribution in [0.2, 0.25) is 0 Å². The summed E-state index contributed by atoms with van der Waals surface area (Å²) in [7, 11) is -3.60. The van der Waals surface area contributed by atoms with Gasteiger partial charge in [-0.2, -0.15) is 4.31 Å². The number of carbonyl (C=O) groups excluding carboxylic acids is 1. The van der Waals surface area contributed by atoms with Crippen LogP contribution in [0.4, 0.5) is 0 Å². The van der Waals surface area contributed by atoms with Gasteiger partial charge in [0.15, 0.2) is 0 Å². The number of hydrogen-bond donors (Lipinski definition) is 1. The zero-order valence-corrected chi connectivity index (χ0v) is 14.0. The van der Waals surface area contributed by atoms with Crippen LogP contribution in [0.15, 0.2) is 29.2 Å². The molecule has 0 unspecified atom stereocenters. The highest BCUT2D eigenvalue weighted by Crippen LogP contribution is 2.21. The summed E-state index contributed by atoms with van der Waals surface area (Å²) < 4.78 is 32.3. The van der Waals surface area contributed by atoms with E-state index in [4.69, 9.17) is 11.2 Å². The molecule has 1 heterocycles. The van der Waals surface area contributed by atoms with Gasteiger partial charge in [-0.05, 0) is 38.1 Å². The number of hydrogen-bond acceptors (Lipinski definition) is 4. The third-order valence-corrected chi connectivity index (χ3v) is 5.34. The van der Waals surface area contributed by atoms with Gasteiger partial charge in [0.05, 0.1) is 23.6 Å². The smallest absolute Gasteiger partial charge is 0.252 e. The molecule has 7 heteroatoms. The summed E-state index contributed by atoms with van der Waals surface area (Å²) >= 11 is 0. The first-order valence-corrected chi connectivity index (χ1v) is 8.76. The number of sulfonamides is 1. The molecule has 6 nitrogen and oxygen atoms in total. The molecule has 1 amide bonds. The van der Waals surface area contributed by atoms with Gasteiger partial charge in [-0.15, -0.1) is 6.42 Å². The van der Waals surface area contributed by atoms with Crippen LogP contribution >= 0.6 is 0 Å². The first-order valence-electron chi connectivity index (χ1n) is 7.32. The van der Waals surface area contributed by atoms with E-state index in [0.29, 0.717) is 18.7 Å². The minimum absolute atomic E-state index is 0.127. The number of carbonyl (C=O) groups is 1. The monoisotopic (exact) mass is 336 g/mol. The fraction of sp³-hybridized carbons (Fsp3) is 0.438. The van der Waals surface area contributed by atoms with E-state index in [1.165, 1.54) is 28.6 Å². The maximum Gasteiger partial charge on any atom is 0.252 e. The quantitative estimate of drug-likeness (QED) is 0.827.